The fourth-order valence-electron chi connectivity index (χ4n) is 3.78. The quantitative estimate of drug-likeness (QED) is 0.827. The van der Waals surface area contributed by atoms with Gasteiger partial charge in [0.05, 0.1) is 12.2 Å². The predicted molar refractivity (Wildman–Crippen MR) is 74.1 cm³/mol. The average Bonchev–Trinajstić information content (AvgIpc) is 3.03. The van der Waals surface area contributed by atoms with Crippen LogP contribution in [0, 0.1) is 0 Å². The van der Waals surface area contributed by atoms with Crippen molar-refractivity contribution in [1.82, 2.24) is 10.2 Å². The molecule has 2 aliphatic heterocycles. The van der Waals surface area contributed by atoms with E-state index >= 15 is 0 Å². The van der Waals surface area contributed by atoms with Gasteiger partial charge in [0.2, 0.25) is 11.8 Å². The molecule has 112 valence electrons. The molecule has 5 heteroatoms. The maximum atomic E-state index is 12.8. The van der Waals surface area contributed by atoms with Gasteiger partial charge < -0.3 is 15.0 Å². The van der Waals surface area contributed by atoms with Gasteiger partial charge in [0.25, 0.3) is 0 Å². The maximum absolute atomic E-state index is 12.8. The van der Waals surface area contributed by atoms with Crippen LogP contribution in [-0.2, 0) is 14.3 Å². The predicted octanol–water partition coefficient (Wildman–Crippen LogP) is 1.21. The number of piperazine rings is 1. The van der Waals surface area contributed by atoms with E-state index in [1.807, 2.05) is 6.92 Å². The van der Waals surface area contributed by atoms with Gasteiger partial charge in [-0.25, -0.2) is 0 Å². The Balaban J connectivity index is 1.76. The molecule has 0 aromatic carbocycles. The summed E-state index contributed by atoms with van der Waals surface area (Å²) in [6.07, 6.45) is 5.97. The van der Waals surface area contributed by atoms with Crippen molar-refractivity contribution >= 4 is 11.8 Å². The molecule has 3 atom stereocenters. The van der Waals surface area contributed by atoms with E-state index in [-0.39, 0.29) is 30.1 Å². The molecule has 3 rings (SSSR count). The van der Waals surface area contributed by atoms with Crippen LogP contribution in [0.1, 0.15) is 52.4 Å². The topological polar surface area (TPSA) is 58.6 Å². The van der Waals surface area contributed by atoms with E-state index in [9.17, 15) is 9.59 Å². The first kappa shape index (κ1) is 13.9. The molecule has 0 aromatic heterocycles. The fraction of sp³-hybridized carbons (Fsp3) is 0.867. The molecule has 0 radical (unpaired) electrons. The van der Waals surface area contributed by atoms with Crippen LogP contribution in [0.3, 0.4) is 0 Å². The van der Waals surface area contributed by atoms with Gasteiger partial charge >= 0.3 is 0 Å². The van der Waals surface area contributed by atoms with E-state index in [0.29, 0.717) is 6.54 Å². The summed E-state index contributed by atoms with van der Waals surface area (Å²) in [5.41, 5.74) is -0.617. The third-order valence-corrected chi connectivity index (χ3v) is 5.06. The van der Waals surface area contributed by atoms with Gasteiger partial charge in [-0.3, -0.25) is 9.59 Å². The highest BCUT2D eigenvalue weighted by atomic mass is 16.5. The van der Waals surface area contributed by atoms with Gasteiger partial charge in [-0.15, -0.1) is 0 Å². The summed E-state index contributed by atoms with van der Waals surface area (Å²) in [7, 11) is 0. The lowest BCUT2D eigenvalue weighted by molar-refractivity contribution is -0.156. The summed E-state index contributed by atoms with van der Waals surface area (Å²) < 4.78 is 5.82. The van der Waals surface area contributed by atoms with Crippen molar-refractivity contribution in [3.63, 3.8) is 0 Å². The van der Waals surface area contributed by atoms with E-state index in [1.54, 1.807) is 4.90 Å². The minimum atomic E-state index is -0.617. The van der Waals surface area contributed by atoms with Crippen LogP contribution >= 0.6 is 0 Å². The number of nitrogens with one attached hydrogen (secondary N) is 1. The summed E-state index contributed by atoms with van der Waals surface area (Å²) in [5.74, 6) is 0.0859. The van der Waals surface area contributed by atoms with Crippen molar-refractivity contribution in [1.29, 1.82) is 0 Å². The largest absolute Gasteiger partial charge is 0.373 e. The number of hydrogen-bond donors (Lipinski definition) is 1. The molecule has 5 nitrogen and oxygen atoms in total. The summed E-state index contributed by atoms with van der Waals surface area (Å²) >= 11 is 0. The third kappa shape index (κ3) is 2.22. The summed E-state index contributed by atoms with van der Waals surface area (Å²) in [6, 6.07) is -0.381. The Morgan fingerprint density at radius 2 is 1.95 bits per heavy atom. The van der Waals surface area contributed by atoms with Gasteiger partial charge in [-0.1, -0.05) is 12.8 Å². The van der Waals surface area contributed by atoms with Crippen molar-refractivity contribution in [2.45, 2.75) is 76.2 Å². The number of ether oxygens (including phenoxy) is 1. The maximum Gasteiger partial charge on any atom is 0.249 e. The zero-order valence-electron chi connectivity index (χ0n) is 12.4. The Hall–Kier alpha value is -1.10. The molecule has 3 unspecified atom stereocenters. The van der Waals surface area contributed by atoms with E-state index in [4.69, 9.17) is 4.74 Å². The third-order valence-electron chi connectivity index (χ3n) is 5.06. The highest BCUT2D eigenvalue weighted by molar-refractivity contribution is 5.99. The van der Waals surface area contributed by atoms with Crippen LogP contribution in [0.25, 0.3) is 0 Å². The SMILES string of the molecule is CC1CCC(CN2C(=O)C3(CCCC3)NC(=O)C2C)O1. The van der Waals surface area contributed by atoms with Gasteiger partial charge in [-0.05, 0) is 39.5 Å². The number of carbonyl (C=O) groups is 2. The first-order chi connectivity index (χ1) is 9.52. The second-order valence-electron chi connectivity index (χ2n) is 6.56. The van der Waals surface area contributed by atoms with E-state index in [0.717, 1.165) is 38.5 Å². The Labute approximate surface area is 120 Å². The molecule has 3 fully saturated rings. The Kier molecular flexibility index (Phi) is 3.48. The van der Waals surface area contributed by atoms with Crippen molar-refractivity contribution < 1.29 is 14.3 Å². The number of hydrogen-bond acceptors (Lipinski definition) is 3. The van der Waals surface area contributed by atoms with Crippen LogP contribution in [0.5, 0.6) is 0 Å². The molecule has 2 heterocycles. The van der Waals surface area contributed by atoms with E-state index in [2.05, 4.69) is 12.2 Å². The lowest BCUT2D eigenvalue weighted by Crippen LogP contribution is -2.69. The minimum absolute atomic E-state index is 0.0162. The summed E-state index contributed by atoms with van der Waals surface area (Å²) in [4.78, 5) is 26.8. The van der Waals surface area contributed by atoms with Crippen LogP contribution in [0.2, 0.25) is 0 Å². The van der Waals surface area contributed by atoms with Crippen LogP contribution in [0.4, 0.5) is 0 Å². The number of nitrogens with zero attached hydrogens (tertiary/aromatic N) is 1. The van der Waals surface area contributed by atoms with Crippen molar-refractivity contribution in [3.05, 3.63) is 0 Å². The van der Waals surface area contributed by atoms with Crippen molar-refractivity contribution in [2.75, 3.05) is 6.54 Å². The standard InChI is InChI=1S/C15H24N2O3/c1-10-5-6-12(20-10)9-17-11(2)13(18)16-15(14(17)19)7-3-4-8-15/h10-12H,3-9H2,1-2H3,(H,16,18). The monoisotopic (exact) mass is 280 g/mol. The summed E-state index contributed by atoms with van der Waals surface area (Å²) in [6.45, 7) is 4.43. The molecule has 1 saturated carbocycles. The number of carbonyl (C=O) groups excluding carboxylic acids is 2. The van der Waals surface area contributed by atoms with E-state index < -0.39 is 5.54 Å². The van der Waals surface area contributed by atoms with Gasteiger partial charge in [0, 0.05) is 6.54 Å². The molecule has 1 aliphatic carbocycles. The normalized spacial score (nSPS) is 36.7. The molecule has 0 aromatic rings. The van der Waals surface area contributed by atoms with Crippen LogP contribution in [-0.4, -0.2) is 47.0 Å². The molecule has 2 saturated heterocycles. The zero-order valence-corrected chi connectivity index (χ0v) is 12.4. The van der Waals surface area contributed by atoms with Gasteiger partial charge in [0.15, 0.2) is 0 Å². The molecule has 1 spiro atoms. The lowest BCUT2D eigenvalue weighted by atomic mass is 9.90. The van der Waals surface area contributed by atoms with Crippen molar-refractivity contribution in [3.8, 4) is 0 Å². The molecule has 3 aliphatic rings. The molecule has 2 amide bonds. The lowest BCUT2D eigenvalue weighted by Gasteiger charge is -2.44. The highest BCUT2D eigenvalue weighted by Crippen LogP contribution is 2.35. The smallest absolute Gasteiger partial charge is 0.249 e. The average molecular weight is 280 g/mol. The zero-order chi connectivity index (χ0) is 14.3. The molecular weight excluding hydrogens is 256 g/mol. The van der Waals surface area contributed by atoms with Gasteiger partial charge in [-0.2, -0.15) is 0 Å². The summed E-state index contributed by atoms with van der Waals surface area (Å²) in [5, 5.41) is 2.98. The molecule has 20 heavy (non-hydrogen) atoms. The van der Waals surface area contributed by atoms with Crippen molar-refractivity contribution in [2.24, 2.45) is 0 Å². The number of amides is 2. The first-order valence-corrected chi connectivity index (χ1v) is 7.80. The molecular formula is C15H24N2O3. The Morgan fingerprint density at radius 3 is 2.55 bits per heavy atom. The number of rotatable bonds is 2. The first-order valence-electron chi connectivity index (χ1n) is 7.80. The van der Waals surface area contributed by atoms with E-state index in [1.165, 1.54) is 0 Å². The molecule has 0 bridgehead atoms. The minimum Gasteiger partial charge on any atom is -0.373 e. The second kappa shape index (κ2) is 5.02. The second-order valence-corrected chi connectivity index (χ2v) is 6.56. The van der Waals surface area contributed by atoms with Crippen LogP contribution < -0.4 is 5.32 Å². The fourth-order valence-corrected chi connectivity index (χ4v) is 3.78. The Morgan fingerprint density at radius 1 is 1.25 bits per heavy atom. The Bertz CT molecular complexity index is 417. The highest BCUT2D eigenvalue weighted by Gasteiger charge is 2.51. The molecule has 1 N–H and O–H groups in total. The van der Waals surface area contributed by atoms with Gasteiger partial charge in [0.1, 0.15) is 11.6 Å². The van der Waals surface area contributed by atoms with Crippen LogP contribution in [0.15, 0.2) is 0 Å².